The summed E-state index contributed by atoms with van der Waals surface area (Å²) in [5, 5.41) is 1.97. The fourth-order valence-electron chi connectivity index (χ4n) is 1.08. The molecule has 0 saturated carbocycles. The monoisotopic (exact) mass is 150 g/mol. The Morgan fingerprint density at radius 3 is 3.20 bits per heavy atom. The molecule has 0 radical (unpaired) electrons. The fraction of sp³-hybridized carbons (Fsp3) is 0.125. The summed E-state index contributed by atoms with van der Waals surface area (Å²) in [7, 11) is 0. The standard InChI is InChI=1S/C8H6OS/c9-7-3-1-2-6-4-5-10-8(6)7/h1,3-5H,2H2. The maximum Gasteiger partial charge on any atom is 0.195 e. The van der Waals surface area contributed by atoms with Gasteiger partial charge in [0.25, 0.3) is 0 Å². The van der Waals surface area contributed by atoms with Gasteiger partial charge in [-0.15, -0.1) is 11.3 Å². The van der Waals surface area contributed by atoms with Crippen molar-refractivity contribution in [2.75, 3.05) is 0 Å². The number of carbonyl (C=O) groups excluding carboxylic acids is 1. The van der Waals surface area contributed by atoms with Crippen LogP contribution in [0.15, 0.2) is 23.6 Å². The van der Waals surface area contributed by atoms with Crippen molar-refractivity contribution in [2.45, 2.75) is 6.42 Å². The van der Waals surface area contributed by atoms with E-state index in [0.29, 0.717) is 0 Å². The van der Waals surface area contributed by atoms with Crippen LogP contribution in [0.25, 0.3) is 0 Å². The van der Waals surface area contributed by atoms with Crippen LogP contribution < -0.4 is 0 Å². The van der Waals surface area contributed by atoms with Gasteiger partial charge in [-0.05, 0) is 29.5 Å². The molecule has 0 bridgehead atoms. The lowest BCUT2D eigenvalue weighted by molar-refractivity contribution is 0.104. The second kappa shape index (κ2) is 2.06. The van der Waals surface area contributed by atoms with Crippen molar-refractivity contribution in [3.05, 3.63) is 34.0 Å². The topological polar surface area (TPSA) is 17.1 Å². The first-order chi connectivity index (χ1) is 4.88. The van der Waals surface area contributed by atoms with Crippen LogP contribution in [0.5, 0.6) is 0 Å². The highest BCUT2D eigenvalue weighted by molar-refractivity contribution is 7.12. The average molecular weight is 150 g/mol. The van der Waals surface area contributed by atoms with E-state index >= 15 is 0 Å². The van der Waals surface area contributed by atoms with E-state index in [4.69, 9.17) is 0 Å². The number of hydrogen-bond acceptors (Lipinski definition) is 2. The normalized spacial score (nSPS) is 15.4. The fourth-order valence-corrected chi connectivity index (χ4v) is 1.94. The van der Waals surface area contributed by atoms with Crippen LogP contribution in [0.1, 0.15) is 15.2 Å². The third-order valence-electron chi connectivity index (χ3n) is 1.58. The lowest BCUT2D eigenvalue weighted by atomic mass is 10.1. The Kier molecular flexibility index (Phi) is 1.21. The molecule has 0 aliphatic heterocycles. The van der Waals surface area contributed by atoms with Gasteiger partial charge in [-0.3, -0.25) is 4.79 Å². The van der Waals surface area contributed by atoms with Crippen molar-refractivity contribution in [2.24, 2.45) is 0 Å². The molecule has 0 spiro atoms. The Morgan fingerprint density at radius 2 is 2.40 bits per heavy atom. The van der Waals surface area contributed by atoms with Gasteiger partial charge in [-0.1, -0.05) is 6.08 Å². The molecule has 1 aromatic rings. The minimum Gasteiger partial charge on any atom is -0.288 e. The summed E-state index contributed by atoms with van der Waals surface area (Å²) < 4.78 is 0. The van der Waals surface area contributed by atoms with Gasteiger partial charge < -0.3 is 0 Å². The molecule has 0 unspecified atom stereocenters. The molecule has 1 heterocycles. The molecular weight excluding hydrogens is 144 g/mol. The molecule has 2 heteroatoms. The number of ketones is 1. The lowest BCUT2D eigenvalue weighted by Crippen LogP contribution is -1.99. The number of fused-ring (bicyclic) bond motifs is 1. The second-order valence-electron chi connectivity index (χ2n) is 2.25. The van der Waals surface area contributed by atoms with Gasteiger partial charge in [0, 0.05) is 0 Å². The lowest BCUT2D eigenvalue weighted by Gasteiger charge is -2.00. The van der Waals surface area contributed by atoms with Crippen LogP contribution in [0, 0.1) is 0 Å². The van der Waals surface area contributed by atoms with Crippen LogP contribution in [0.4, 0.5) is 0 Å². The Labute approximate surface area is 63.0 Å². The Hall–Kier alpha value is -0.890. The third-order valence-corrected chi connectivity index (χ3v) is 2.55. The summed E-state index contributed by atoms with van der Waals surface area (Å²) >= 11 is 1.53. The van der Waals surface area contributed by atoms with Crippen LogP contribution in [-0.2, 0) is 6.42 Å². The van der Waals surface area contributed by atoms with Gasteiger partial charge in [-0.25, -0.2) is 0 Å². The van der Waals surface area contributed by atoms with E-state index in [0.717, 1.165) is 11.3 Å². The molecule has 1 aromatic heterocycles. The van der Waals surface area contributed by atoms with Crippen molar-refractivity contribution in [1.29, 1.82) is 0 Å². The quantitative estimate of drug-likeness (QED) is 0.553. The molecule has 0 saturated heterocycles. The maximum absolute atomic E-state index is 11.1. The van der Waals surface area contributed by atoms with Gasteiger partial charge in [0.05, 0.1) is 4.88 Å². The van der Waals surface area contributed by atoms with Gasteiger partial charge in [0.2, 0.25) is 0 Å². The number of rotatable bonds is 0. The van der Waals surface area contributed by atoms with E-state index in [1.54, 1.807) is 6.08 Å². The zero-order valence-electron chi connectivity index (χ0n) is 5.33. The van der Waals surface area contributed by atoms with Crippen molar-refractivity contribution >= 4 is 17.1 Å². The minimum atomic E-state index is 0.163. The molecule has 1 aliphatic carbocycles. The molecule has 10 heavy (non-hydrogen) atoms. The Balaban J connectivity index is 2.58. The molecule has 1 aliphatic rings. The van der Waals surface area contributed by atoms with E-state index in [9.17, 15) is 4.79 Å². The van der Waals surface area contributed by atoms with Gasteiger partial charge in [-0.2, -0.15) is 0 Å². The third kappa shape index (κ3) is 0.727. The van der Waals surface area contributed by atoms with Crippen molar-refractivity contribution < 1.29 is 4.79 Å². The molecule has 0 atom stereocenters. The Bertz CT molecular complexity index is 296. The number of thiophene rings is 1. The number of allylic oxidation sites excluding steroid dienone is 2. The molecule has 0 fully saturated rings. The molecule has 0 aromatic carbocycles. The van der Waals surface area contributed by atoms with Crippen molar-refractivity contribution in [3.63, 3.8) is 0 Å². The van der Waals surface area contributed by atoms with Crippen LogP contribution in [-0.4, -0.2) is 5.78 Å². The largest absolute Gasteiger partial charge is 0.288 e. The highest BCUT2D eigenvalue weighted by atomic mass is 32.1. The SMILES string of the molecule is O=C1C=CCc2ccsc21. The minimum absolute atomic E-state index is 0.163. The first-order valence-electron chi connectivity index (χ1n) is 3.15. The number of hydrogen-bond donors (Lipinski definition) is 0. The van der Waals surface area contributed by atoms with E-state index in [-0.39, 0.29) is 5.78 Å². The summed E-state index contributed by atoms with van der Waals surface area (Å²) in [6.45, 7) is 0. The van der Waals surface area contributed by atoms with E-state index in [1.807, 2.05) is 17.5 Å². The van der Waals surface area contributed by atoms with Gasteiger partial charge in [0.15, 0.2) is 5.78 Å². The molecular formula is C8H6OS. The van der Waals surface area contributed by atoms with Crippen LogP contribution in [0.2, 0.25) is 0 Å². The van der Waals surface area contributed by atoms with Crippen LogP contribution in [0.3, 0.4) is 0 Å². The molecule has 50 valence electrons. The van der Waals surface area contributed by atoms with Crippen molar-refractivity contribution in [3.8, 4) is 0 Å². The van der Waals surface area contributed by atoms with E-state index in [2.05, 4.69) is 0 Å². The summed E-state index contributed by atoms with van der Waals surface area (Å²) in [6, 6.07) is 2.02. The maximum atomic E-state index is 11.1. The van der Waals surface area contributed by atoms with E-state index in [1.165, 1.54) is 16.9 Å². The average Bonchev–Trinajstić information content (AvgIpc) is 2.36. The first kappa shape index (κ1) is 5.86. The number of carbonyl (C=O) groups is 1. The summed E-state index contributed by atoms with van der Waals surface area (Å²) in [5.74, 6) is 0.163. The molecule has 0 amide bonds. The zero-order valence-corrected chi connectivity index (χ0v) is 6.15. The molecule has 0 N–H and O–H groups in total. The van der Waals surface area contributed by atoms with E-state index < -0.39 is 0 Å². The van der Waals surface area contributed by atoms with Crippen LogP contribution >= 0.6 is 11.3 Å². The van der Waals surface area contributed by atoms with Crippen molar-refractivity contribution in [1.82, 2.24) is 0 Å². The van der Waals surface area contributed by atoms with Gasteiger partial charge in [0.1, 0.15) is 0 Å². The highest BCUT2D eigenvalue weighted by Crippen LogP contribution is 2.21. The predicted octanol–water partition coefficient (Wildman–Crippen LogP) is 2.04. The highest BCUT2D eigenvalue weighted by Gasteiger charge is 2.12. The Morgan fingerprint density at radius 1 is 1.50 bits per heavy atom. The zero-order chi connectivity index (χ0) is 6.97. The van der Waals surface area contributed by atoms with Gasteiger partial charge >= 0.3 is 0 Å². The summed E-state index contributed by atoms with van der Waals surface area (Å²) in [4.78, 5) is 12.0. The smallest absolute Gasteiger partial charge is 0.195 e. The summed E-state index contributed by atoms with van der Waals surface area (Å²) in [6.07, 6.45) is 4.49. The summed E-state index contributed by atoms with van der Waals surface area (Å²) in [5.41, 5.74) is 1.18. The molecule has 1 nitrogen and oxygen atoms in total. The molecule has 2 rings (SSSR count). The second-order valence-corrected chi connectivity index (χ2v) is 3.16. The first-order valence-corrected chi connectivity index (χ1v) is 4.03. The predicted molar refractivity (Wildman–Crippen MR) is 41.5 cm³/mol.